The minimum absolute atomic E-state index is 0.293. The quantitative estimate of drug-likeness (QED) is 0.866. The number of carbonyl (C=O) groups is 1. The minimum atomic E-state index is -3.09. The van der Waals surface area contributed by atoms with E-state index in [1.54, 1.807) is 0 Å². The maximum Gasteiger partial charge on any atom is 0.277 e. The fraction of sp³-hybridized carbons (Fsp3) is 0.444. The molecule has 3 N–H and O–H groups in total. The molecular formula is C9H11BrF2N2O2S. The molecule has 1 heterocycles. The Morgan fingerprint density at radius 2 is 2.35 bits per heavy atom. The van der Waals surface area contributed by atoms with E-state index in [4.69, 9.17) is 10.5 Å². The van der Waals surface area contributed by atoms with E-state index in [2.05, 4.69) is 21.2 Å². The molecule has 1 amide bonds. The molecule has 0 aliphatic rings. The van der Waals surface area contributed by atoms with Crippen LogP contribution in [0.4, 0.5) is 8.78 Å². The first-order chi connectivity index (χ1) is 7.89. The SMILES string of the molecule is COc1cc(C(=O)NCC(F)(F)CN)sc1Br. The molecule has 0 aliphatic carbocycles. The summed E-state index contributed by atoms with van der Waals surface area (Å²) in [6.07, 6.45) is 0. The highest BCUT2D eigenvalue weighted by Gasteiger charge is 2.27. The van der Waals surface area contributed by atoms with Crippen LogP contribution in [0.2, 0.25) is 0 Å². The summed E-state index contributed by atoms with van der Waals surface area (Å²) >= 11 is 4.30. The second kappa shape index (κ2) is 5.74. The molecule has 0 atom stereocenters. The molecule has 0 spiro atoms. The molecule has 0 radical (unpaired) electrons. The van der Waals surface area contributed by atoms with E-state index in [1.165, 1.54) is 13.2 Å². The van der Waals surface area contributed by atoms with E-state index in [0.29, 0.717) is 14.4 Å². The highest BCUT2D eigenvalue weighted by atomic mass is 79.9. The Balaban J connectivity index is 2.64. The van der Waals surface area contributed by atoms with Crippen LogP contribution in [0.5, 0.6) is 5.75 Å². The van der Waals surface area contributed by atoms with Crippen LogP contribution >= 0.6 is 27.3 Å². The average molecular weight is 329 g/mol. The lowest BCUT2D eigenvalue weighted by molar-refractivity contribution is 0.0119. The van der Waals surface area contributed by atoms with Crippen LogP contribution in [0.25, 0.3) is 0 Å². The Kier molecular flexibility index (Phi) is 4.84. The first kappa shape index (κ1) is 14.3. The highest BCUT2D eigenvalue weighted by Crippen LogP contribution is 2.34. The van der Waals surface area contributed by atoms with E-state index in [1.807, 2.05) is 0 Å². The highest BCUT2D eigenvalue weighted by molar-refractivity contribution is 9.11. The topological polar surface area (TPSA) is 64.3 Å². The summed E-state index contributed by atoms with van der Waals surface area (Å²) < 4.78 is 31.2. The first-order valence-electron chi connectivity index (χ1n) is 4.59. The number of thiophene rings is 1. The van der Waals surface area contributed by atoms with Gasteiger partial charge in [0.25, 0.3) is 11.8 Å². The normalized spacial score (nSPS) is 11.4. The molecule has 4 nitrogen and oxygen atoms in total. The predicted octanol–water partition coefficient (Wildman–Crippen LogP) is 1.84. The standard InChI is InChI=1S/C9H11BrF2N2O2S/c1-16-5-2-6(17-7(5)10)8(15)14-4-9(11,12)3-13/h2H,3-4,13H2,1H3,(H,14,15). The van der Waals surface area contributed by atoms with Crippen molar-refractivity contribution >= 4 is 33.2 Å². The van der Waals surface area contributed by atoms with Crippen molar-refractivity contribution in [2.24, 2.45) is 5.73 Å². The number of rotatable bonds is 5. The summed E-state index contributed by atoms with van der Waals surface area (Å²) in [6, 6.07) is 1.48. The maximum atomic E-state index is 12.8. The lowest BCUT2D eigenvalue weighted by atomic mass is 10.3. The zero-order valence-corrected chi connectivity index (χ0v) is 11.3. The number of halogens is 3. The van der Waals surface area contributed by atoms with Crippen molar-refractivity contribution in [1.82, 2.24) is 5.32 Å². The smallest absolute Gasteiger partial charge is 0.277 e. The van der Waals surface area contributed by atoms with E-state index in [9.17, 15) is 13.6 Å². The van der Waals surface area contributed by atoms with E-state index in [0.717, 1.165) is 11.3 Å². The van der Waals surface area contributed by atoms with Gasteiger partial charge in [-0.2, -0.15) is 0 Å². The van der Waals surface area contributed by atoms with Crippen molar-refractivity contribution in [2.75, 3.05) is 20.2 Å². The number of carbonyl (C=O) groups excluding carboxylic acids is 1. The number of ether oxygens (including phenoxy) is 1. The monoisotopic (exact) mass is 328 g/mol. The van der Waals surface area contributed by atoms with Gasteiger partial charge in [-0.25, -0.2) is 8.78 Å². The van der Waals surface area contributed by atoms with Crippen molar-refractivity contribution < 1.29 is 18.3 Å². The van der Waals surface area contributed by atoms with E-state index < -0.39 is 24.9 Å². The molecule has 96 valence electrons. The Labute approximate surface area is 109 Å². The minimum Gasteiger partial charge on any atom is -0.495 e. The van der Waals surface area contributed by atoms with Crippen molar-refractivity contribution in [2.45, 2.75) is 5.92 Å². The number of nitrogens with two attached hydrogens (primary N) is 1. The molecule has 0 bridgehead atoms. The van der Waals surface area contributed by atoms with Gasteiger partial charge in [0.15, 0.2) is 0 Å². The van der Waals surface area contributed by atoms with Gasteiger partial charge in [-0.15, -0.1) is 11.3 Å². The number of hydrogen-bond acceptors (Lipinski definition) is 4. The van der Waals surface area contributed by atoms with Gasteiger partial charge in [-0.05, 0) is 15.9 Å². The van der Waals surface area contributed by atoms with Crippen LogP contribution in [-0.2, 0) is 0 Å². The third-order valence-corrected chi connectivity index (χ3v) is 3.69. The summed E-state index contributed by atoms with van der Waals surface area (Å²) in [7, 11) is 1.46. The van der Waals surface area contributed by atoms with Crippen LogP contribution < -0.4 is 15.8 Å². The molecule has 17 heavy (non-hydrogen) atoms. The van der Waals surface area contributed by atoms with Crippen LogP contribution in [-0.4, -0.2) is 32.0 Å². The zero-order valence-electron chi connectivity index (χ0n) is 8.93. The Morgan fingerprint density at radius 1 is 1.71 bits per heavy atom. The zero-order chi connectivity index (χ0) is 13.1. The molecular weight excluding hydrogens is 318 g/mol. The van der Waals surface area contributed by atoms with Gasteiger partial charge < -0.3 is 15.8 Å². The second-order valence-corrected chi connectivity index (χ2v) is 5.57. The molecule has 1 aromatic rings. The van der Waals surface area contributed by atoms with E-state index >= 15 is 0 Å². The van der Waals surface area contributed by atoms with Crippen LogP contribution in [0.1, 0.15) is 9.67 Å². The van der Waals surface area contributed by atoms with Gasteiger partial charge in [0, 0.05) is 6.07 Å². The summed E-state index contributed by atoms with van der Waals surface area (Å²) in [5.41, 5.74) is 4.85. The van der Waals surface area contributed by atoms with Crippen molar-refractivity contribution in [3.8, 4) is 5.75 Å². The maximum absolute atomic E-state index is 12.8. The van der Waals surface area contributed by atoms with Crippen molar-refractivity contribution in [3.63, 3.8) is 0 Å². The molecule has 0 unspecified atom stereocenters. The number of nitrogens with one attached hydrogen (secondary N) is 1. The molecule has 0 saturated carbocycles. The van der Waals surface area contributed by atoms with Crippen LogP contribution in [0, 0.1) is 0 Å². The molecule has 1 aromatic heterocycles. The van der Waals surface area contributed by atoms with Gasteiger partial charge in [0.2, 0.25) is 0 Å². The van der Waals surface area contributed by atoms with Crippen molar-refractivity contribution in [1.29, 1.82) is 0 Å². The van der Waals surface area contributed by atoms with Crippen molar-refractivity contribution in [3.05, 3.63) is 14.7 Å². The number of methoxy groups -OCH3 is 1. The lowest BCUT2D eigenvalue weighted by Gasteiger charge is -2.13. The molecule has 0 fully saturated rings. The van der Waals surface area contributed by atoms with Gasteiger partial charge in [0.05, 0.1) is 25.1 Å². The van der Waals surface area contributed by atoms with Gasteiger partial charge >= 0.3 is 0 Å². The molecule has 0 saturated heterocycles. The molecule has 0 aliphatic heterocycles. The van der Waals surface area contributed by atoms with Crippen LogP contribution in [0.15, 0.2) is 9.85 Å². The largest absolute Gasteiger partial charge is 0.495 e. The third kappa shape index (κ3) is 3.90. The Morgan fingerprint density at radius 3 is 2.82 bits per heavy atom. The third-order valence-electron chi connectivity index (χ3n) is 1.91. The second-order valence-electron chi connectivity index (χ2n) is 3.20. The van der Waals surface area contributed by atoms with Gasteiger partial charge in [-0.1, -0.05) is 0 Å². The number of alkyl halides is 2. The van der Waals surface area contributed by atoms with Gasteiger partial charge in [-0.3, -0.25) is 4.79 Å². The Hall–Kier alpha value is -0.730. The predicted molar refractivity (Wildman–Crippen MR) is 64.9 cm³/mol. The van der Waals surface area contributed by atoms with Crippen LogP contribution in [0.3, 0.4) is 0 Å². The summed E-state index contributed by atoms with van der Waals surface area (Å²) in [5.74, 6) is -3.17. The Bertz CT molecular complexity index is 412. The lowest BCUT2D eigenvalue weighted by Crippen LogP contribution is -2.41. The fourth-order valence-electron chi connectivity index (χ4n) is 0.972. The average Bonchev–Trinajstić information content (AvgIpc) is 2.67. The summed E-state index contributed by atoms with van der Waals surface area (Å²) in [5, 5.41) is 2.12. The molecule has 0 aromatic carbocycles. The summed E-state index contributed by atoms with van der Waals surface area (Å²) in [6.45, 7) is -1.58. The number of hydrogen-bond donors (Lipinski definition) is 2. The number of amides is 1. The molecule has 8 heteroatoms. The molecule has 1 rings (SSSR count). The van der Waals surface area contributed by atoms with E-state index in [-0.39, 0.29) is 0 Å². The summed E-state index contributed by atoms with van der Waals surface area (Å²) in [4.78, 5) is 11.8. The first-order valence-corrected chi connectivity index (χ1v) is 6.20. The van der Waals surface area contributed by atoms with Gasteiger partial charge in [0.1, 0.15) is 9.54 Å². The fourth-order valence-corrected chi connectivity index (χ4v) is 2.54.